The van der Waals surface area contributed by atoms with Crippen molar-refractivity contribution >= 4 is 17.7 Å². The minimum absolute atomic E-state index is 0.309. The highest BCUT2D eigenvalue weighted by Crippen LogP contribution is 2.31. The molecule has 22 heavy (non-hydrogen) atoms. The van der Waals surface area contributed by atoms with Crippen LogP contribution in [0.2, 0.25) is 0 Å². The van der Waals surface area contributed by atoms with Crippen LogP contribution in [0.15, 0.2) is 47.9 Å². The van der Waals surface area contributed by atoms with Crippen LogP contribution < -0.4 is 4.90 Å². The number of nitrogens with zero attached hydrogens (tertiary/aromatic N) is 6. The smallest absolute Gasteiger partial charge is 0.227 e. The average Bonchev–Trinajstić information content (AvgIpc) is 2.99. The van der Waals surface area contributed by atoms with E-state index >= 15 is 0 Å². The maximum atomic E-state index is 14.0. The van der Waals surface area contributed by atoms with E-state index in [0.717, 1.165) is 5.16 Å². The molecule has 0 fully saturated rings. The van der Waals surface area contributed by atoms with Crippen LogP contribution in [0.4, 0.5) is 10.3 Å². The first-order valence-electron chi connectivity index (χ1n) is 6.66. The lowest BCUT2D eigenvalue weighted by Gasteiger charge is -2.27. The highest BCUT2D eigenvalue weighted by Gasteiger charge is 2.24. The molecule has 0 atom stereocenters. The van der Waals surface area contributed by atoms with Crippen LogP contribution in [0.5, 0.6) is 0 Å². The van der Waals surface area contributed by atoms with Gasteiger partial charge in [0.2, 0.25) is 5.95 Å². The van der Waals surface area contributed by atoms with Crippen molar-refractivity contribution in [2.24, 2.45) is 0 Å². The number of hydrogen-bond donors (Lipinski definition) is 0. The summed E-state index contributed by atoms with van der Waals surface area (Å²) in [5.74, 6) is 1.52. The number of benzene rings is 1. The molecular weight excluding hydrogens is 303 g/mol. The van der Waals surface area contributed by atoms with Crippen molar-refractivity contribution < 1.29 is 4.39 Å². The van der Waals surface area contributed by atoms with Crippen LogP contribution in [-0.4, -0.2) is 30.6 Å². The Bertz CT molecular complexity index is 806. The molecule has 1 aromatic carbocycles. The van der Waals surface area contributed by atoms with Crippen molar-refractivity contribution in [1.82, 2.24) is 24.7 Å². The minimum atomic E-state index is -0.309. The van der Waals surface area contributed by atoms with E-state index in [1.54, 1.807) is 36.7 Å². The van der Waals surface area contributed by atoms with Gasteiger partial charge in [0.25, 0.3) is 0 Å². The summed E-state index contributed by atoms with van der Waals surface area (Å²) in [6.07, 6.45) is 3.40. The summed E-state index contributed by atoms with van der Waals surface area (Å²) in [6, 6.07) is 8.34. The number of halogens is 1. The SMILES string of the molecule is Fc1ccccc1-c1nnc2n1CN(c1ncccn1)CS2. The molecule has 1 aliphatic heterocycles. The van der Waals surface area contributed by atoms with Gasteiger partial charge in [-0.25, -0.2) is 14.4 Å². The lowest BCUT2D eigenvalue weighted by Crippen LogP contribution is -2.31. The van der Waals surface area contributed by atoms with Crippen LogP contribution in [0, 0.1) is 5.82 Å². The molecular formula is C14H11FN6S. The highest BCUT2D eigenvalue weighted by atomic mass is 32.2. The molecule has 0 aliphatic carbocycles. The van der Waals surface area contributed by atoms with Gasteiger partial charge in [-0.1, -0.05) is 23.9 Å². The monoisotopic (exact) mass is 314 g/mol. The number of anilines is 1. The van der Waals surface area contributed by atoms with E-state index in [0.29, 0.717) is 29.9 Å². The standard InChI is InChI=1S/C14H11FN6S/c15-11-5-2-1-4-10(11)12-18-19-14-21(12)8-20(9-22-14)13-16-6-3-7-17-13/h1-7H,8-9H2. The van der Waals surface area contributed by atoms with Gasteiger partial charge in [0, 0.05) is 12.4 Å². The summed E-state index contributed by atoms with van der Waals surface area (Å²) in [7, 11) is 0. The molecule has 0 spiro atoms. The Kier molecular flexibility index (Phi) is 3.23. The maximum absolute atomic E-state index is 14.0. The third kappa shape index (κ3) is 2.21. The molecule has 0 radical (unpaired) electrons. The molecule has 0 bridgehead atoms. The Hall–Kier alpha value is -2.48. The first-order chi connectivity index (χ1) is 10.8. The van der Waals surface area contributed by atoms with Crippen molar-refractivity contribution in [3.05, 3.63) is 48.5 Å². The molecule has 3 aromatic rings. The zero-order valence-electron chi connectivity index (χ0n) is 11.4. The lowest BCUT2D eigenvalue weighted by molar-refractivity contribution is 0.590. The third-order valence-electron chi connectivity index (χ3n) is 3.33. The largest absolute Gasteiger partial charge is 0.313 e. The number of thioether (sulfide) groups is 1. The van der Waals surface area contributed by atoms with Crippen molar-refractivity contribution in [3.63, 3.8) is 0 Å². The first kappa shape index (κ1) is 13.2. The van der Waals surface area contributed by atoms with Gasteiger partial charge in [-0.2, -0.15) is 0 Å². The van der Waals surface area contributed by atoms with Crippen LogP contribution in [0.25, 0.3) is 11.4 Å². The van der Waals surface area contributed by atoms with E-state index in [1.165, 1.54) is 17.8 Å². The molecule has 0 N–H and O–H groups in total. The second-order valence-corrected chi connectivity index (χ2v) is 5.63. The van der Waals surface area contributed by atoms with Gasteiger partial charge in [0.1, 0.15) is 12.5 Å². The topological polar surface area (TPSA) is 59.7 Å². The molecule has 0 saturated heterocycles. The number of hydrogen-bond acceptors (Lipinski definition) is 6. The number of rotatable bonds is 2. The Balaban J connectivity index is 1.73. The van der Waals surface area contributed by atoms with Crippen LogP contribution >= 0.6 is 11.8 Å². The first-order valence-corrected chi connectivity index (χ1v) is 7.64. The molecule has 0 unspecified atom stereocenters. The van der Waals surface area contributed by atoms with E-state index in [4.69, 9.17) is 0 Å². The second kappa shape index (κ2) is 5.38. The predicted molar refractivity (Wildman–Crippen MR) is 80.7 cm³/mol. The van der Waals surface area contributed by atoms with E-state index in [9.17, 15) is 4.39 Å². The highest BCUT2D eigenvalue weighted by molar-refractivity contribution is 7.99. The van der Waals surface area contributed by atoms with Gasteiger partial charge in [-0.05, 0) is 18.2 Å². The molecule has 3 heterocycles. The molecule has 0 saturated carbocycles. The summed E-state index contributed by atoms with van der Waals surface area (Å²) >= 11 is 1.53. The Morgan fingerprint density at radius 3 is 2.68 bits per heavy atom. The Morgan fingerprint density at radius 2 is 1.86 bits per heavy atom. The van der Waals surface area contributed by atoms with E-state index < -0.39 is 0 Å². The maximum Gasteiger partial charge on any atom is 0.227 e. The number of fused-ring (bicyclic) bond motifs is 1. The summed E-state index contributed by atoms with van der Waals surface area (Å²) in [5, 5.41) is 9.05. The summed E-state index contributed by atoms with van der Waals surface area (Å²) in [6.45, 7) is 0.489. The van der Waals surface area contributed by atoms with Crippen molar-refractivity contribution in [2.75, 3.05) is 10.8 Å². The van der Waals surface area contributed by atoms with Crippen molar-refractivity contribution in [3.8, 4) is 11.4 Å². The van der Waals surface area contributed by atoms with Crippen molar-refractivity contribution in [2.45, 2.75) is 11.8 Å². The molecule has 1 aliphatic rings. The fourth-order valence-corrected chi connectivity index (χ4v) is 3.15. The van der Waals surface area contributed by atoms with Crippen LogP contribution in [0.3, 0.4) is 0 Å². The third-order valence-corrected chi connectivity index (χ3v) is 4.33. The molecule has 4 rings (SSSR count). The quantitative estimate of drug-likeness (QED) is 0.724. The fourth-order valence-electron chi connectivity index (χ4n) is 2.29. The molecule has 8 heteroatoms. The molecule has 0 amide bonds. The molecule has 6 nitrogen and oxygen atoms in total. The van der Waals surface area contributed by atoms with Crippen LogP contribution in [-0.2, 0) is 6.67 Å². The molecule has 2 aromatic heterocycles. The summed E-state index contributed by atoms with van der Waals surface area (Å²) < 4.78 is 15.9. The zero-order chi connectivity index (χ0) is 14.9. The van der Waals surface area contributed by atoms with E-state index in [2.05, 4.69) is 20.2 Å². The van der Waals surface area contributed by atoms with Crippen molar-refractivity contribution in [1.29, 1.82) is 0 Å². The zero-order valence-corrected chi connectivity index (χ0v) is 12.2. The normalized spacial score (nSPS) is 14.0. The van der Waals surface area contributed by atoms with Crippen LogP contribution in [0.1, 0.15) is 0 Å². The molecule has 110 valence electrons. The lowest BCUT2D eigenvalue weighted by atomic mass is 10.2. The van der Waals surface area contributed by atoms with E-state index in [-0.39, 0.29) is 5.82 Å². The van der Waals surface area contributed by atoms with E-state index in [1.807, 2.05) is 9.47 Å². The second-order valence-electron chi connectivity index (χ2n) is 4.72. The predicted octanol–water partition coefficient (Wildman–Crippen LogP) is 2.40. The van der Waals surface area contributed by atoms with Gasteiger partial charge in [-0.3, -0.25) is 4.57 Å². The van der Waals surface area contributed by atoms with Gasteiger partial charge in [0.15, 0.2) is 11.0 Å². The Labute approximate surface area is 130 Å². The fraction of sp³-hybridized carbons (Fsp3) is 0.143. The Morgan fingerprint density at radius 1 is 1.05 bits per heavy atom. The number of aromatic nitrogens is 5. The van der Waals surface area contributed by atoms with Gasteiger partial charge in [-0.15, -0.1) is 10.2 Å². The van der Waals surface area contributed by atoms with Gasteiger partial charge in [0.05, 0.1) is 11.4 Å². The summed E-state index contributed by atoms with van der Waals surface area (Å²) in [5.41, 5.74) is 0.442. The van der Waals surface area contributed by atoms with Gasteiger partial charge >= 0.3 is 0 Å². The summed E-state index contributed by atoms with van der Waals surface area (Å²) in [4.78, 5) is 10.5. The van der Waals surface area contributed by atoms with Gasteiger partial charge < -0.3 is 4.90 Å². The average molecular weight is 314 g/mol. The minimum Gasteiger partial charge on any atom is -0.313 e.